The normalized spacial score (nSPS) is 60.8. The predicted octanol–water partition coefficient (Wildman–Crippen LogP) is 4.94. The van der Waals surface area contributed by atoms with Gasteiger partial charge in [-0.15, -0.1) is 0 Å². The Hall–Kier alpha value is -0.420. The average Bonchev–Trinajstić information content (AvgIpc) is 2.75. The quantitative estimate of drug-likeness (QED) is 0.375. The molecule has 0 spiro atoms. The van der Waals surface area contributed by atoms with Crippen LogP contribution in [0.3, 0.4) is 0 Å². The predicted molar refractivity (Wildman–Crippen MR) is 135 cm³/mol. The maximum absolute atomic E-state index is 12.0. The Labute approximate surface area is 207 Å². The van der Waals surface area contributed by atoms with Crippen molar-refractivity contribution in [2.45, 2.75) is 118 Å². The van der Waals surface area contributed by atoms with Crippen LogP contribution in [0.15, 0.2) is 11.6 Å². The van der Waals surface area contributed by atoms with Crippen LogP contribution in [0.1, 0.15) is 93.9 Å². The summed E-state index contributed by atoms with van der Waals surface area (Å²) in [4.78, 5) is 0. The van der Waals surface area contributed by atoms with E-state index in [9.17, 15) is 20.4 Å². The van der Waals surface area contributed by atoms with Gasteiger partial charge in [-0.05, 0) is 83.9 Å². The molecule has 0 aliphatic heterocycles. The lowest BCUT2D eigenvalue weighted by atomic mass is 9.32. The molecule has 0 radical (unpaired) electrons. The first-order valence-electron chi connectivity index (χ1n) is 14.0. The van der Waals surface area contributed by atoms with E-state index in [2.05, 4.69) is 47.6 Å². The zero-order valence-corrected chi connectivity index (χ0v) is 22.8. The molecular weight excluding hydrogens is 424 g/mol. The highest BCUT2D eigenvalue weighted by atomic mass is 16.4. The lowest BCUT2D eigenvalue weighted by Gasteiger charge is -2.73. The third kappa shape index (κ3) is 2.75. The summed E-state index contributed by atoms with van der Waals surface area (Å²) in [6, 6.07) is 0. The van der Waals surface area contributed by atoms with Crippen LogP contribution in [0.5, 0.6) is 0 Å². The van der Waals surface area contributed by atoms with Crippen LogP contribution in [-0.4, -0.2) is 44.8 Å². The van der Waals surface area contributed by atoms with E-state index in [1.54, 1.807) is 0 Å². The molecule has 0 aromatic heterocycles. The SMILES string of the molecule is CC1CCC2(C)CCC3(C)C(=CC(O)C4C5(C)C(O)C(O)C(O)C(C)(C)C5CCC43C)C2C1C. The Morgan fingerprint density at radius 3 is 2.09 bits per heavy atom. The molecule has 5 aliphatic rings. The first-order valence-corrected chi connectivity index (χ1v) is 14.0. The molecule has 5 rings (SSSR count). The van der Waals surface area contributed by atoms with Crippen LogP contribution >= 0.6 is 0 Å². The van der Waals surface area contributed by atoms with Gasteiger partial charge in [0.15, 0.2) is 0 Å². The number of allylic oxidation sites excluding steroid dienone is 1. The molecule has 34 heavy (non-hydrogen) atoms. The van der Waals surface area contributed by atoms with Crippen LogP contribution in [0, 0.1) is 56.7 Å². The topological polar surface area (TPSA) is 80.9 Å². The molecule has 4 nitrogen and oxygen atoms in total. The third-order valence-electron chi connectivity index (χ3n) is 13.5. The van der Waals surface area contributed by atoms with Crippen molar-refractivity contribution in [1.29, 1.82) is 0 Å². The summed E-state index contributed by atoms with van der Waals surface area (Å²) in [5.41, 5.74) is 0.365. The van der Waals surface area contributed by atoms with Crippen molar-refractivity contribution < 1.29 is 20.4 Å². The number of hydrogen-bond acceptors (Lipinski definition) is 4. The van der Waals surface area contributed by atoms with Gasteiger partial charge in [0, 0.05) is 11.3 Å². The smallest absolute Gasteiger partial charge is 0.107 e. The molecule has 0 amide bonds. The Morgan fingerprint density at radius 2 is 1.44 bits per heavy atom. The molecule has 4 heteroatoms. The summed E-state index contributed by atoms with van der Waals surface area (Å²) in [5.74, 6) is 1.65. The van der Waals surface area contributed by atoms with E-state index < -0.39 is 35.2 Å². The van der Waals surface area contributed by atoms with Gasteiger partial charge in [-0.25, -0.2) is 0 Å². The first kappa shape index (κ1) is 25.2. The Kier molecular flexibility index (Phi) is 5.44. The van der Waals surface area contributed by atoms with Gasteiger partial charge < -0.3 is 20.4 Å². The van der Waals surface area contributed by atoms with Crippen LogP contribution in [0.25, 0.3) is 0 Å². The largest absolute Gasteiger partial charge is 0.390 e. The molecule has 4 saturated carbocycles. The summed E-state index contributed by atoms with van der Waals surface area (Å²) in [5, 5.41) is 45.4. The maximum atomic E-state index is 12.0. The van der Waals surface area contributed by atoms with Gasteiger partial charge in [0.05, 0.1) is 18.3 Å². The Balaban J connectivity index is 1.67. The van der Waals surface area contributed by atoms with E-state index in [1.165, 1.54) is 24.8 Å². The minimum absolute atomic E-state index is 0.0298. The van der Waals surface area contributed by atoms with Gasteiger partial charge in [0.25, 0.3) is 0 Å². The summed E-state index contributed by atoms with van der Waals surface area (Å²) in [6.45, 7) is 18.3. The minimum Gasteiger partial charge on any atom is -0.390 e. The molecule has 0 bridgehead atoms. The molecule has 194 valence electrons. The van der Waals surface area contributed by atoms with Gasteiger partial charge in [-0.2, -0.15) is 0 Å². The van der Waals surface area contributed by atoms with Gasteiger partial charge in [0.2, 0.25) is 0 Å². The molecule has 0 aromatic rings. The van der Waals surface area contributed by atoms with Crippen molar-refractivity contribution in [2.24, 2.45) is 56.7 Å². The molecule has 0 saturated heterocycles. The highest BCUT2D eigenvalue weighted by Crippen LogP contribution is 2.75. The van der Waals surface area contributed by atoms with Crippen LogP contribution in [-0.2, 0) is 0 Å². The lowest BCUT2D eigenvalue weighted by molar-refractivity contribution is -0.290. The fourth-order valence-corrected chi connectivity index (χ4v) is 11.0. The fraction of sp³-hybridized carbons (Fsp3) is 0.933. The zero-order valence-electron chi connectivity index (χ0n) is 22.8. The lowest BCUT2D eigenvalue weighted by Crippen LogP contribution is -2.73. The molecule has 0 aromatic carbocycles. The van der Waals surface area contributed by atoms with Gasteiger partial charge >= 0.3 is 0 Å². The Bertz CT molecular complexity index is 881. The van der Waals surface area contributed by atoms with E-state index in [4.69, 9.17) is 0 Å². The summed E-state index contributed by atoms with van der Waals surface area (Å²) >= 11 is 0. The first-order chi connectivity index (χ1) is 15.6. The monoisotopic (exact) mass is 474 g/mol. The number of rotatable bonds is 0. The Morgan fingerprint density at radius 1 is 0.794 bits per heavy atom. The van der Waals surface area contributed by atoms with E-state index in [0.29, 0.717) is 23.2 Å². The molecule has 5 aliphatic carbocycles. The average molecular weight is 475 g/mol. The second-order valence-corrected chi connectivity index (χ2v) is 15.0. The van der Waals surface area contributed by atoms with Gasteiger partial charge in [0.1, 0.15) is 6.10 Å². The molecule has 13 atom stereocenters. The van der Waals surface area contributed by atoms with Crippen molar-refractivity contribution in [3.63, 3.8) is 0 Å². The van der Waals surface area contributed by atoms with E-state index >= 15 is 0 Å². The number of fused-ring (bicyclic) bond motifs is 7. The fourth-order valence-electron chi connectivity index (χ4n) is 11.0. The second kappa shape index (κ2) is 7.33. The van der Waals surface area contributed by atoms with E-state index in [1.807, 2.05) is 13.8 Å². The van der Waals surface area contributed by atoms with Crippen LogP contribution in [0.2, 0.25) is 0 Å². The summed E-state index contributed by atoms with van der Waals surface area (Å²) in [7, 11) is 0. The second-order valence-electron chi connectivity index (χ2n) is 15.0. The highest BCUT2D eigenvalue weighted by Gasteiger charge is 2.73. The minimum atomic E-state index is -1.20. The van der Waals surface area contributed by atoms with E-state index in [0.717, 1.165) is 19.3 Å². The molecule has 4 N–H and O–H groups in total. The van der Waals surface area contributed by atoms with Gasteiger partial charge in [-0.1, -0.05) is 67.0 Å². The molecule has 4 fully saturated rings. The molecule has 0 heterocycles. The molecular formula is C30H50O4. The van der Waals surface area contributed by atoms with Crippen LogP contribution < -0.4 is 0 Å². The highest BCUT2D eigenvalue weighted by molar-refractivity contribution is 5.36. The van der Waals surface area contributed by atoms with Crippen molar-refractivity contribution in [3.05, 3.63) is 11.6 Å². The van der Waals surface area contributed by atoms with Crippen molar-refractivity contribution in [1.82, 2.24) is 0 Å². The summed E-state index contributed by atoms with van der Waals surface area (Å²) in [6.07, 6.45) is 5.13. The number of aliphatic hydroxyl groups is 4. The van der Waals surface area contributed by atoms with Crippen molar-refractivity contribution in [3.8, 4) is 0 Å². The van der Waals surface area contributed by atoms with Gasteiger partial charge in [-0.3, -0.25) is 0 Å². The number of aliphatic hydroxyl groups excluding tert-OH is 4. The van der Waals surface area contributed by atoms with Crippen molar-refractivity contribution in [2.75, 3.05) is 0 Å². The standard InChI is InChI=1S/C30H50O4/c1-16-9-11-27(5)13-14-28(6)18(21(27)17(16)2)15-19(31)23-29(28,7)12-10-20-26(3,4)24(33)22(32)25(34)30(20,23)8/h15-17,19-25,31-34H,9-14H2,1-8H3. The van der Waals surface area contributed by atoms with Crippen molar-refractivity contribution >= 4 is 0 Å². The zero-order chi connectivity index (χ0) is 25.2. The molecule has 13 unspecified atom stereocenters. The maximum Gasteiger partial charge on any atom is 0.107 e. The number of hydrogen-bond donors (Lipinski definition) is 4. The van der Waals surface area contributed by atoms with Crippen LogP contribution in [0.4, 0.5) is 0 Å². The van der Waals surface area contributed by atoms with E-state index in [-0.39, 0.29) is 22.7 Å². The summed E-state index contributed by atoms with van der Waals surface area (Å²) < 4.78 is 0. The third-order valence-corrected chi connectivity index (χ3v) is 13.5.